The van der Waals surface area contributed by atoms with Crippen LogP contribution in [0.3, 0.4) is 0 Å². The largest absolute Gasteiger partial charge is 0.493 e. The van der Waals surface area contributed by atoms with Gasteiger partial charge in [0, 0.05) is 24.8 Å². The molecule has 0 aliphatic carbocycles. The first-order chi connectivity index (χ1) is 9.18. The Hall–Kier alpha value is -1.71. The van der Waals surface area contributed by atoms with Crippen LogP contribution in [0, 0.1) is 0 Å². The Morgan fingerprint density at radius 3 is 3.05 bits per heavy atom. The Morgan fingerprint density at radius 1 is 1.42 bits per heavy atom. The van der Waals surface area contributed by atoms with E-state index in [1.807, 2.05) is 6.07 Å². The van der Waals surface area contributed by atoms with Crippen LogP contribution >= 0.6 is 0 Å². The highest BCUT2D eigenvalue weighted by Gasteiger charge is 2.31. The minimum atomic E-state index is -0.728. The van der Waals surface area contributed by atoms with Gasteiger partial charge in [0.25, 0.3) is 0 Å². The molecule has 1 N–H and O–H groups in total. The van der Waals surface area contributed by atoms with Crippen LogP contribution in [0.4, 0.5) is 5.69 Å². The predicted octanol–water partition coefficient (Wildman–Crippen LogP) is 2.41. The number of ether oxygens (including phenoxy) is 1. The first kappa shape index (κ1) is 12.3. The number of carbonyl (C=O) groups is 1. The summed E-state index contributed by atoms with van der Waals surface area (Å²) in [4.78, 5) is 13.8. The molecule has 4 nitrogen and oxygen atoms in total. The molecule has 0 spiro atoms. The lowest BCUT2D eigenvalue weighted by molar-refractivity contribution is -0.139. The average Bonchev–Trinajstić information content (AvgIpc) is 2.61. The van der Waals surface area contributed by atoms with Gasteiger partial charge in [-0.05, 0) is 43.4 Å². The van der Waals surface area contributed by atoms with Gasteiger partial charge in [-0.3, -0.25) is 4.79 Å². The van der Waals surface area contributed by atoms with Crippen LogP contribution in [0.1, 0.15) is 36.3 Å². The van der Waals surface area contributed by atoms with E-state index < -0.39 is 11.9 Å². The number of hydrogen-bond acceptors (Lipinski definition) is 3. The summed E-state index contributed by atoms with van der Waals surface area (Å²) in [5.74, 6) is -0.369. The minimum absolute atomic E-state index is 0.418. The van der Waals surface area contributed by atoms with E-state index in [1.54, 1.807) is 0 Å². The van der Waals surface area contributed by atoms with Gasteiger partial charge >= 0.3 is 5.97 Å². The summed E-state index contributed by atoms with van der Waals surface area (Å²) in [5.41, 5.74) is 3.27. The normalized spacial score (nSPS) is 21.9. The zero-order valence-electron chi connectivity index (χ0n) is 11.2. The second-order valence-corrected chi connectivity index (χ2v) is 5.38. The van der Waals surface area contributed by atoms with E-state index in [0.717, 1.165) is 37.1 Å². The monoisotopic (exact) mass is 261 g/mol. The maximum atomic E-state index is 11.6. The van der Waals surface area contributed by atoms with Crippen molar-refractivity contribution in [1.82, 2.24) is 0 Å². The number of nitrogens with zero attached hydrogens (tertiary/aromatic N) is 1. The zero-order chi connectivity index (χ0) is 13.4. The molecule has 2 aliphatic heterocycles. The summed E-state index contributed by atoms with van der Waals surface area (Å²) < 4.78 is 5.75. The van der Waals surface area contributed by atoms with E-state index in [9.17, 15) is 9.90 Å². The molecule has 3 rings (SSSR count). The molecular formula is C15H19NO3. The van der Waals surface area contributed by atoms with Crippen molar-refractivity contribution in [3.63, 3.8) is 0 Å². The number of anilines is 1. The van der Waals surface area contributed by atoms with Gasteiger partial charge in [-0.1, -0.05) is 0 Å². The highest BCUT2D eigenvalue weighted by molar-refractivity contribution is 5.80. The molecule has 1 aromatic rings. The molecule has 0 aromatic heterocycles. The second kappa shape index (κ2) is 4.76. The molecular weight excluding hydrogens is 242 g/mol. The number of fused-ring (bicyclic) bond motifs is 3. The SMILES string of the molecule is CN1CCCc2c1ccc1c2C(C(=O)O)CCCO1. The molecule has 4 heteroatoms. The van der Waals surface area contributed by atoms with Gasteiger partial charge in [-0.25, -0.2) is 0 Å². The average molecular weight is 261 g/mol. The van der Waals surface area contributed by atoms with E-state index in [1.165, 1.54) is 11.3 Å². The fourth-order valence-corrected chi connectivity index (χ4v) is 3.23. The molecule has 102 valence electrons. The third kappa shape index (κ3) is 2.05. The highest BCUT2D eigenvalue weighted by atomic mass is 16.5. The van der Waals surface area contributed by atoms with Crippen molar-refractivity contribution < 1.29 is 14.6 Å². The van der Waals surface area contributed by atoms with Crippen molar-refractivity contribution in [3.8, 4) is 5.75 Å². The van der Waals surface area contributed by atoms with Gasteiger partial charge in [-0.15, -0.1) is 0 Å². The van der Waals surface area contributed by atoms with Gasteiger partial charge < -0.3 is 14.7 Å². The van der Waals surface area contributed by atoms with Crippen LogP contribution in [0.15, 0.2) is 12.1 Å². The number of carboxylic acids is 1. The summed E-state index contributed by atoms with van der Waals surface area (Å²) in [6, 6.07) is 4.01. The van der Waals surface area contributed by atoms with Crippen LogP contribution in [0.25, 0.3) is 0 Å². The molecule has 1 aromatic carbocycles. The van der Waals surface area contributed by atoms with Crippen LogP contribution < -0.4 is 9.64 Å². The summed E-state index contributed by atoms with van der Waals surface area (Å²) in [7, 11) is 2.07. The van der Waals surface area contributed by atoms with E-state index in [0.29, 0.717) is 13.0 Å². The summed E-state index contributed by atoms with van der Waals surface area (Å²) in [6.07, 6.45) is 3.50. The zero-order valence-corrected chi connectivity index (χ0v) is 11.2. The molecule has 1 atom stereocenters. The fraction of sp³-hybridized carbons (Fsp3) is 0.533. The quantitative estimate of drug-likeness (QED) is 0.843. The Bertz CT molecular complexity index is 512. The Balaban J connectivity index is 2.17. The number of benzene rings is 1. The highest BCUT2D eigenvalue weighted by Crippen LogP contribution is 2.42. The van der Waals surface area contributed by atoms with Crippen molar-refractivity contribution >= 4 is 11.7 Å². The molecule has 1 unspecified atom stereocenters. The lowest BCUT2D eigenvalue weighted by atomic mass is 9.86. The maximum absolute atomic E-state index is 11.6. The van der Waals surface area contributed by atoms with Crippen molar-refractivity contribution in [3.05, 3.63) is 23.3 Å². The summed E-state index contributed by atoms with van der Waals surface area (Å²) in [6.45, 7) is 1.65. The van der Waals surface area contributed by atoms with Crippen LogP contribution in [-0.4, -0.2) is 31.3 Å². The van der Waals surface area contributed by atoms with E-state index >= 15 is 0 Å². The number of aliphatic carboxylic acids is 1. The van der Waals surface area contributed by atoms with Gasteiger partial charge in [-0.2, -0.15) is 0 Å². The summed E-state index contributed by atoms with van der Waals surface area (Å²) >= 11 is 0. The first-order valence-corrected chi connectivity index (χ1v) is 6.91. The lowest BCUT2D eigenvalue weighted by Gasteiger charge is -2.31. The number of rotatable bonds is 1. The molecule has 2 aliphatic rings. The molecule has 0 radical (unpaired) electrons. The third-order valence-corrected chi connectivity index (χ3v) is 4.17. The topological polar surface area (TPSA) is 49.8 Å². The van der Waals surface area contributed by atoms with Crippen LogP contribution in [-0.2, 0) is 11.2 Å². The fourth-order valence-electron chi connectivity index (χ4n) is 3.23. The third-order valence-electron chi connectivity index (χ3n) is 4.17. The van der Waals surface area contributed by atoms with Crippen molar-refractivity contribution in [2.24, 2.45) is 0 Å². The molecule has 0 amide bonds. The number of carboxylic acid groups (broad SMARTS) is 1. The standard InChI is InChI=1S/C15H19NO3/c1-16-8-2-4-10-12(16)6-7-13-14(10)11(15(17)18)5-3-9-19-13/h6-7,11H,2-5,8-9H2,1H3,(H,17,18). The minimum Gasteiger partial charge on any atom is -0.493 e. The second-order valence-electron chi connectivity index (χ2n) is 5.38. The maximum Gasteiger partial charge on any atom is 0.311 e. The Morgan fingerprint density at radius 2 is 2.26 bits per heavy atom. The van der Waals surface area contributed by atoms with E-state index in [-0.39, 0.29) is 0 Å². The molecule has 19 heavy (non-hydrogen) atoms. The van der Waals surface area contributed by atoms with Gasteiger partial charge in [0.15, 0.2) is 0 Å². The molecule has 0 saturated heterocycles. The van der Waals surface area contributed by atoms with E-state index in [4.69, 9.17) is 4.74 Å². The Labute approximate surface area is 113 Å². The molecule has 0 fully saturated rings. The van der Waals surface area contributed by atoms with Crippen LogP contribution in [0.2, 0.25) is 0 Å². The molecule has 2 heterocycles. The molecule has 0 bridgehead atoms. The smallest absolute Gasteiger partial charge is 0.311 e. The van der Waals surface area contributed by atoms with Crippen molar-refractivity contribution in [2.45, 2.75) is 31.6 Å². The van der Waals surface area contributed by atoms with Gasteiger partial charge in [0.1, 0.15) is 5.75 Å². The first-order valence-electron chi connectivity index (χ1n) is 6.91. The van der Waals surface area contributed by atoms with Gasteiger partial charge in [0.2, 0.25) is 0 Å². The summed E-state index contributed by atoms with van der Waals surface area (Å²) in [5, 5.41) is 9.51. The molecule has 0 saturated carbocycles. The lowest BCUT2D eigenvalue weighted by Crippen LogP contribution is -2.26. The van der Waals surface area contributed by atoms with Crippen LogP contribution in [0.5, 0.6) is 5.75 Å². The predicted molar refractivity (Wildman–Crippen MR) is 73.1 cm³/mol. The van der Waals surface area contributed by atoms with Crippen molar-refractivity contribution in [1.29, 1.82) is 0 Å². The van der Waals surface area contributed by atoms with Gasteiger partial charge in [0.05, 0.1) is 12.5 Å². The van der Waals surface area contributed by atoms with E-state index in [2.05, 4.69) is 18.0 Å². The Kier molecular flexibility index (Phi) is 3.09. The van der Waals surface area contributed by atoms with Crippen molar-refractivity contribution in [2.75, 3.05) is 25.1 Å². The number of hydrogen-bond donors (Lipinski definition) is 1.